The first kappa shape index (κ1) is 27.5. The Morgan fingerprint density at radius 3 is 1.71 bits per heavy atom. The van der Waals surface area contributed by atoms with Gasteiger partial charge in [-0.1, -0.05) is 121 Å². The molecule has 0 aliphatic carbocycles. The molecule has 2 aromatic heterocycles. The molecule has 0 saturated carbocycles. The highest BCUT2D eigenvalue weighted by molar-refractivity contribution is 6.24. The molecule has 0 aliphatic heterocycles. The van der Waals surface area contributed by atoms with Crippen LogP contribution in [0, 0.1) is 0 Å². The molecule has 3 heteroatoms. The highest BCUT2D eigenvalue weighted by Crippen LogP contribution is 2.46. The maximum atomic E-state index is 7.03. The molecule has 8 aromatic carbocycles. The maximum Gasteiger partial charge on any atom is 0.159 e. The van der Waals surface area contributed by atoms with Crippen LogP contribution in [0.3, 0.4) is 0 Å². The second-order valence-corrected chi connectivity index (χ2v) is 12.5. The third kappa shape index (κ3) is 4.29. The van der Waals surface area contributed by atoms with Crippen molar-refractivity contribution in [3.8, 4) is 16.8 Å². The summed E-state index contributed by atoms with van der Waals surface area (Å²) in [6.45, 7) is 0. The Morgan fingerprint density at radius 1 is 0.429 bits per heavy atom. The molecule has 0 fully saturated rings. The fourth-order valence-electron chi connectivity index (χ4n) is 7.60. The summed E-state index contributed by atoms with van der Waals surface area (Å²) in [4.78, 5) is 2.31. The van der Waals surface area contributed by atoms with E-state index in [0.29, 0.717) is 0 Å². The number of aromatic nitrogens is 1. The average Bonchev–Trinajstić information content (AvgIpc) is 3.73. The van der Waals surface area contributed by atoms with Crippen molar-refractivity contribution in [1.82, 2.24) is 4.57 Å². The summed E-state index contributed by atoms with van der Waals surface area (Å²) in [5.74, 6) is 0. The number of rotatable bonds is 5. The van der Waals surface area contributed by atoms with Crippen LogP contribution in [0.4, 0.5) is 17.1 Å². The van der Waals surface area contributed by atoms with E-state index in [1.165, 1.54) is 32.6 Å². The SMILES string of the molecule is c1ccc(-c2cc3ccccc3c3c2oc2c(N(c4ccccc4)c4ccc(-n5c6ccccc6c6ccccc65)cc4)cccc23)cc1. The minimum Gasteiger partial charge on any atom is -0.453 e. The molecule has 10 rings (SSSR count). The highest BCUT2D eigenvalue weighted by atomic mass is 16.3. The molecule has 230 valence electrons. The van der Waals surface area contributed by atoms with Crippen molar-refractivity contribution in [1.29, 1.82) is 0 Å². The molecular formula is C46H30N2O. The van der Waals surface area contributed by atoms with Gasteiger partial charge in [0.15, 0.2) is 5.58 Å². The quantitative estimate of drug-likeness (QED) is 0.190. The first-order chi connectivity index (χ1) is 24.3. The topological polar surface area (TPSA) is 21.3 Å². The summed E-state index contributed by atoms with van der Waals surface area (Å²) in [5, 5.41) is 7.14. The fourth-order valence-corrected chi connectivity index (χ4v) is 7.60. The van der Waals surface area contributed by atoms with Gasteiger partial charge in [0.1, 0.15) is 5.58 Å². The fraction of sp³-hybridized carbons (Fsp3) is 0. The lowest BCUT2D eigenvalue weighted by Crippen LogP contribution is -2.10. The molecule has 3 nitrogen and oxygen atoms in total. The maximum absolute atomic E-state index is 7.03. The lowest BCUT2D eigenvalue weighted by molar-refractivity contribution is 0.670. The van der Waals surface area contributed by atoms with Crippen LogP contribution >= 0.6 is 0 Å². The van der Waals surface area contributed by atoms with E-state index in [1.54, 1.807) is 0 Å². The predicted molar refractivity (Wildman–Crippen MR) is 206 cm³/mol. The third-order valence-electron chi connectivity index (χ3n) is 9.76. The van der Waals surface area contributed by atoms with E-state index in [9.17, 15) is 0 Å². The minimum atomic E-state index is 0.862. The van der Waals surface area contributed by atoms with Gasteiger partial charge in [-0.2, -0.15) is 0 Å². The third-order valence-corrected chi connectivity index (χ3v) is 9.76. The van der Waals surface area contributed by atoms with Gasteiger partial charge in [0.25, 0.3) is 0 Å². The number of furan rings is 1. The molecule has 0 atom stereocenters. The zero-order valence-corrected chi connectivity index (χ0v) is 26.6. The van der Waals surface area contributed by atoms with Gasteiger partial charge in [0.2, 0.25) is 0 Å². The number of fused-ring (bicyclic) bond motifs is 8. The molecule has 0 radical (unpaired) electrons. The molecule has 2 heterocycles. The van der Waals surface area contributed by atoms with Gasteiger partial charge in [0, 0.05) is 44.2 Å². The van der Waals surface area contributed by atoms with Crippen molar-refractivity contribution >= 4 is 71.6 Å². The van der Waals surface area contributed by atoms with Gasteiger partial charge in [-0.25, -0.2) is 0 Å². The Kier molecular flexibility index (Phi) is 6.18. The monoisotopic (exact) mass is 626 g/mol. The number of nitrogens with zero attached hydrogens (tertiary/aromatic N) is 2. The second kappa shape index (κ2) is 11.0. The Bertz CT molecular complexity index is 2760. The summed E-state index contributed by atoms with van der Waals surface area (Å²) in [6.07, 6.45) is 0. The molecule has 0 aliphatic rings. The van der Waals surface area contributed by atoms with Gasteiger partial charge in [-0.15, -0.1) is 0 Å². The van der Waals surface area contributed by atoms with E-state index in [2.05, 4.69) is 191 Å². The van der Waals surface area contributed by atoms with Crippen molar-refractivity contribution in [3.63, 3.8) is 0 Å². The van der Waals surface area contributed by atoms with Gasteiger partial charge in [0.05, 0.1) is 16.7 Å². The van der Waals surface area contributed by atoms with E-state index >= 15 is 0 Å². The minimum absolute atomic E-state index is 0.862. The molecule has 0 N–H and O–H groups in total. The summed E-state index contributed by atoms with van der Waals surface area (Å²) < 4.78 is 9.39. The van der Waals surface area contributed by atoms with Crippen LogP contribution < -0.4 is 4.90 Å². The molecule has 49 heavy (non-hydrogen) atoms. The van der Waals surface area contributed by atoms with Crippen molar-refractivity contribution in [2.24, 2.45) is 0 Å². The molecule has 10 aromatic rings. The Balaban J connectivity index is 1.20. The summed E-state index contributed by atoms with van der Waals surface area (Å²) in [6, 6.07) is 64.7. The zero-order chi connectivity index (χ0) is 32.3. The molecule has 0 bridgehead atoms. The van der Waals surface area contributed by atoms with Crippen molar-refractivity contribution < 1.29 is 4.42 Å². The van der Waals surface area contributed by atoms with E-state index in [1.807, 2.05) is 0 Å². The van der Waals surface area contributed by atoms with Crippen LogP contribution in [0.5, 0.6) is 0 Å². The molecule has 0 amide bonds. The van der Waals surface area contributed by atoms with Crippen LogP contribution in [0.2, 0.25) is 0 Å². The normalized spacial score (nSPS) is 11.7. The number of para-hydroxylation sites is 4. The average molecular weight is 627 g/mol. The zero-order valence-electron chi connectivity index (χ0n) is 26.6. The number of anilines is 3. The van der Waals surface area contributed by atoms with Gasteiger partial charge >= 0.3 is 0 Å². The van der Waals surface area contributed by atoms with Crippen molar-refractivity contribution in [2.75, 3.05) is 4.90 Å². The van der Waals surface area contributed by atoms with Gasteiger partial charge < -0.3 is 13.9 Å². The largest absolute Gasteiger partial charge is 0.453 e. The van der Waals surface area contributed by atoms with Crippen LogP contribution in [0.25, 0.3) is 71.3 Å². The lowest BCUT2D eigenvalue weighted by Gasteiger charge is -2.25. The molecular weight excluding hydrogens is 597 g/mol. The van der Waals surface area contributed by atoms with Crippen LogP contribution in [-0.4, -0.2) is 4.57 Å². The first-order valence-electron chi connectivity index (χ1n) is 16.7. The highest BCUT2D eigenvalue weighted by Gasteiger charge is 2.22. The Hall–Kier alpha value is -6.58. The van der Waals surface area contributed by atoms with Crippen LogP contribution in [0.1, 0.15) is 0 Å². The molecule has 0 saturated heterocycles. The Morgan fingerprint density at radius 2 is 1.00 bits per heavy atom. The first-order valence-corrected chi connectivity index (χ1v) is 16.7. The summed E-state index contributed by atoms with van der Waals surface area (Å²) in [7, 11) is 0. The van der Waals surface area contributed by atoms with E-state index in [4.69, 9.17) is 4.42 Å². The van der Waals surface area contributed by atoms with E-state index in [0.717, 1.165) is 55.8 Å². The molecule has 0 spiro atoms. The number of benzene rings is 8. The summed E-state index contributed by atoms with van der Waals surface area (Å²) >= 11 is 0. The smallest absolute Gasteiger partial charge is 0.159 e. The predicted octanol–water partition coefficient (Wildman–Crippen LogP) is 13.0. The van der Waals surface area contributed by atoms with E-state index < -0.39 is 0 Å². The van der Waals surface area contributed by atoms with Gasteiger partial charge in [-0.3, -0.25) is 0 Å². The Labute approximate surface area is 283 Å². The van der Waals surface area contributed by atoms with Gasteiger partial charge in [-0.05, 0) is 77.0 Å². The van der Waals surface area contributed by atoms with Crippen LogP contribution in [-0.2, 0) is 0 Å². The van der Waals surface area contributed by atoms with E-state index in [-0.39, 0.29) is 0 Å². The second-order valence-electron chi connectivity index (χ2n) is 12.5. The number of hydrogen-bond donors (Lipinski definition) is 0. The number of hydrogen-bond acceptors (Lipinski definition) is 2. The summed E-state index contributed by atoms with van der Waals surface area (Å²) in [5.41, 5.74) is 10.6. The van der Waals surface area contributed by atoms with Crippen molar-refractivity contribution in [2.45, 2.75) is 0 Å². The lowest BCUT2D eigenvalue weighted by atomic mass is 9.96. The van der Waals surface area contributed by atoms with Crippen LogP contribution in [0.15, 0.2) is 186 Å². The molecule has 0 unspecified atom stereocenters. The standard InChI is InChI=1S/C46H30N2O/c1-3-14-31(15-4-1)40-30-32-16-7-8-19-36(32)44-39-22-13-25-43(45(39)49-46(40)44)47(33-17-5-2-6-18-33)34-26-28-35(29-27-34)48-41-23-11-9-20-37(41)38-21-10-12-24-42(38)48/h1-30H. The van der Waals surface area contributed by atoms with Crippen molar-refractivity contribution in [3.05, 3.63) is 182 Å².